The van der Waals surface area contributed by atoms with E-state index in [1.54, 1.807) is 12.1 Å². The third-order valence-corrected chi connectivity index (χ3v) is 4.39. The van der Waals surface area contributed by atoms with Crippen LogP contribution in [-0.4, -0.2) is 33.8 Å². The number of carboxylic acids is 1. The molecule has 2 aromatic rings. The predicted molar refractivity (Wildman–Crippen MR) is 98.6 cm³/mol. The number of rotatable bonds is 3. The summed E-state index contributed by atoms with van der Waals surface area (Å²) in [7, 11) is 0. The van der Waals surface area contributed by atoms with Gasteiger partial charge in [-0.25, -0.2) is 9.97 Å². The molecule has 2 heterocycles. The van der Waals surface area contributed by atoms with Crippen molar-refractivity contribution in [2.45, 2.75) is 40.2 Å². The Morgan fingerprint density at radius 3 is 2.41 bits per heavy atom. The Morgan fingerprint density at radius 1 is 1.15 bits per heavy atom. The van der Waals surface area contributed by atoms with E-state index in [-0.39, 0.29) is 18.3 Å². The highest BCUT2D eigenvalue weighted by molar-refractivity contribution is 6.13. The Labute approximate surface area is 157 Å². The van der Waals surface area contributed by atoms with E-state index in [9.17, 15) is 14.7 Å². The van der Waals surface area contributed by atoms with Gasteiger partial charge in [0.15, 0.2) is 0 Å². The highest BCUT2D eigenvalue weighted by Gasteiger charge is 2.33. The zero-order valence-corrected chi connectivity index (χ0v) is 15.6. The van der Waals surface area contributed by atoms with Crippen LogP contribution in [0.4, 0.5) is 11.6 Å². The van der Waals surface area contributed by atoms with Gasteiger partial charge in [0.2, 0.25) is 11.9 Å². The smallest absolute Gasteiger partial charge is 0.253 e. The minimum Gasteiger partial charge on any atom is -0.548 e. The number of carboxylic acid groups (broad SMARTS) is 1. The standard InChI is InChI=1S/C19H21N5O3/c1-10-5-6-14(7-11(10)2)24-15(17(26)27)9-16(25)22-19(24)23-18-20-12(3)8-13(4)21-18/h5-8,15H,9H2,1-4H3,(H,26,27)(H,20,21,22,23,25)/p-1/t15-/m0/s1. The van der Waals surface area contributed by atoms with Gasteiger partial charge in [0, 0.05) is 17.1 Å². The van der Waals surface area contributed by atoms with Gasteiger partial charge in [0.1, 0.15) is 0 Å². The summed E-state index contributed by atoms with van der Waals surface area (Å²) in [6.45, 7) is 7.51. The lowest BCUT2D eigenvalue weighted by Crippen LogP contribution is -2.61. The number of aliphatic imine (C=N–C) groups is 1. The number of guanidine groups is 1. The van der Waals surface area contributed by atoms with Crippen LogP contribution < -0.4 is 15.3 Å². The van der Waals surface area contributed by atoms with E-state index in [2.05, 4.69) is 20.3 Å². The number of hydrogen-bond acceptors (Lipinski definition) is 6. The topological polar surface area (TPSA) is 111 Å². The number of carbonyl (C=O) groups is 2. The molecule has 1 amide bonds. The summed E-state index contributed by atoms with van der Waals surface area (Å²) in [4.78, 5) is 38.0. The molecule has 1 atom stereocenters. The van der Waals surface area contributed by atoms with Crippen LogP contribution in [0.2, 0.25) is 0 Å². The molecule has 1 aliphatic rings. The van der Waals surface area contributed by atoms with Gasteiger partial charge in [-0.1, -0.05) is 6.07 Å². The van der Waals surface area contributed by atoms with Crippen molar-refractivity contribution in [3.05, 3.63) is 46.8 Å². The highest BCUT2D eigenvalue weighted by atomic mass is 16.4. The highest BCUT2D eigenvalue weighted by Crippen LogP contribution is 2.25. The van der Waals surface area contributed by atoms with Crippen molar-refractivity contribution in [3.8, 4) is 0 Å². The lowest BCUT2D eigenvalue weighted by molar-refractivity contribution is -0.307. The van der Waals surface area contributed by atoms with Gasteiger partial charge in [-0.3, -0.25) is 10.1 Å². The number of benzene rings is 1. The van der Waals surface area contributed by atoms with Crippen molar-refractivity contribution >= 4 is 29.5 Å². The first-order valence-corrected chi connectivity index (χ1v) is 8.53. The van der Waals surface area contributed by atoms with Gasteiger partial charge >= 0.3 is 0 Å². The summed E-state index contributed by atoms with van der Waals surface area (Å²) in [6, 6.07) is 6.14. The number of aromatic nitrogens is 2. The molecule has 140 valence electrons. The van der Waals surface area contributed by atoms with Gasteiger partial charge in [-0.05, 0) is 57.0 Å². The van der Waals surface area contributed by atoms with E-state index in [0.29, 0.717) is 5.69 Å². The second-order valence-corrected chi connectivity index (χ2v) is 6.61. The minimum atomic E-state index is -1.35. The number of carbonyl (C=O) groups excluding carboxylic acids is 2. The van der Waals surface area contributed by atoms with Crippen LogP contribution in [0.5, 0.6) is 0 Å². The van der Waals surface area contributed by atoms with E-state index >= 15 is 0 Å². The molecule has 1 fully saturated rings. The van der Waals surface area contributed by atoms with Crippen molar-refractivity contribution in [1.82, 2.24) is 15.3 Å². The van der Waals surface area contributed by atoms with Gasteiger partial charge < -0.3 is 14.8 Å². The summed E-state index contributed by atoms with van der Waals surface area (Å²) in [5, 5.41) is 14.4. The molecule has 0 unspecified atom stereocenters. The molecular weight excluding hydrogens is 346 g/mol. The summed E-state index contributed by atoms with van der Waals surface area (Å²) in [5.74, 6) is -1.59. The van der Waals surface area contributed by atoms with Crippen molar-refractivity contribution in [2.75, 3.05) is 4.90 Å². The molecule has 1 aliphatic heterocycles. The normalized spacial score (nSPS) is 18.5. The first-order chi connectivity index (χ1) is 12.7. The van der Waals surface area contributed by atoms with Crippen LogP contribution in [0, 0.1) is 27.7 Å². The largest absolute Gasteiger partial charge is 0.548 e. The Balaban J connectivity index is 2.14. The van der Waals surface area contributed by atoms with Crippen molar-refractivity contribution < 1.29 is 14.7 Å². The van der Waals surface area contributed by atoms with Crippen LogP contribution in [0.1, 0.15) is 28.9 Å². The fourth-order valence-electron chi connectivity index (χ4n) is 2.95. The minimum absolute atomic E-state index is 0.0636. The third kappa shape index (κ3) is 3.94. The zero-order valence-electron chi connectivity index (χ0n) is 15.6. The first-order valence-electron chi connectivity index (χ1n) is 8.53. The van der Waals surface area contributed by atoms with Crippen LogP contribution in [0.25, 0.3) is 0 Å². The Morgan fingerprint density at radius 2 is 1.81 bits per heavy atom. The fourth-order valence-corrected chi connectivity index (χ4v) is 2.95. The van der Waals surface area contributed by atoms with E-state index in [0.717, 1.165) is 22.5 Å². The molecule has 27 heavy (non-hydrogen) atoms. The van der Waals surface area contributed by atoms with Gasteiger partial charge in [-0.15, -0.1) is 0 Å². The average molecular weight is 366 g/mol. The lowest BCUT2D eigenvalue weighted by atomic mass is 10.1. The molecule has 8 nitrogen and oxygen atoms in total. The van der Waals surface area contributed by atoms with E-state index in [1.165, 1.54) is 4.90 Å². The molecule has 3 rings (SSSR count). The number of nitrogens with one attached hydrogen (secondary N) is 1. The number of aliphatic carboxylic acids is 1. The van der Waals surface area contributed by atoms with Crippen molar-refractivity contribution in [3.63, 3.8) is 0 Å². The summed E-state index contributed by atoms with van der Waals surface area (Å²) < 4.78 is 0. The summed E-state index contributed by atoms with van der Waals surface area (Å²) in [6.07, 6.45) is -0.234. The maximum absolute atomic E-state index is 12.1. The average Bonchev–Trinajstić information content (AvgIpc) is 2.56. The molecule has 0 saturated carbocycles. The molecule has 0 spiro atoms. The number of anilines is 1. The molecule has 1 aromatic heterocycles. The van der Waals surface area contributed by atoms with E-state index in [1.807, 2.05) is 39.8 Å². The summed E-state index contributed by atoms with van der Waals surface area (Å²) >= 11 is 0. The Hall–Kier alpha value is -3.29. The number of nitrogens with zero attached hydrogens (tertiary/aromatic N) is 4. The SMILES string of the molecule is Cc1cc(C)nc(/N=C2\NC(=O)C[C@@H](C(=O)[O-])N2c2ccc(C)c(C)c2)n1. The summed E-state index contributed by atoms with van der Waals surface area (Å²) in [5.41, 5.74) is 4.09. The van der Waals surface area contributed by atoms with Crippen molar-refractivity contribution in [1.29, 1.82) is 0 Å². The molecule has 1 aromatic carbocycles. The van der Waals surface area contributed by atoms with Crippen LogP contribution in [0.15, 0.2) is 29.3 Å². The van der Waals surface area contributed by atoms with Crippen LogP contribution >= 0.6 is 0 Å². The molecule has 8 heteroatoms. The Bertz CT molecular complexity index is 934. The fraction of sp³-hybridized carbons (Fsp3) is 0.316. The monoisotopic (exact) mass is 366 g/mol. The molecule has 0 aliphatic carbocycles. The maximum Gasteiger partial charge on any atom is 0.253 e. The number of hydrogen-bond donors (Lipinski definition) is 1. The molecule has 1 N–H and O–H groups in total. The molecule has 1 saturated heterocycles. The molecule has 0 bridgehead atoms. The van der Waals surface area contributed by atoms with Crippen molar-refractivity contribution in [2.24, 2.45) is 4.99 Å². The second-order valence-electron chi connectivity index (χ2n) is 6.61. The van der Waals surface area contributed by atoms with Gasteiger partial charge in [0.25, 0.3) is 5.95 Å². The Kier molecular flexibility index (Phi) is 4.89. The zero-order chi connectivity index (χ0) is 19.7. The van der Waals surface area contributed by atoms with Crippen LogP contribution in [-0.2, 0) is 9.59 Å². The predicted octanol–water partition coefficient (Wildman–Crippen LogP) is 0.843. The number of amides is 1. The number of aryl methyl sites for hydroxylation is 4. The second kappa shape index (κ2) is 7.14. The molecular formula is C19H20N5O3-. The van der Waals surface area contributed by atoms with E-state index in [4.69, 9.17) is 0 Å². The maximum atomic E-state index is 12.1. The quantitative estimate of drug-likeness (QED) is 0.862. The first kappa shape index (κ1) is 18.5. The third-order valence-electron chi connectivity index (χ3n) is 4.39. The molecule has 0 radical (unpaired) electrons. The van der Waals surface area contributed by atoms with E-state index < -0.39 is 17.9 Å². The van der Waals surface area contributed by atoms with Gasteiger partial charge in [0.05, 0.1) is 18.4 Å². The lowest BCUT2D eigenvalue weighted by Gasteiger charge is -2.38. The van der Waals surface area contributed by atoms with Gasteiger partial charge in [-0.2, -0.15) is 4.99 Å². The van der Waals surface area contributed by atoms with Crippen LogP contribution in [0.3, 0.4) is 0 Å².